The molecule has 0 aliphatic carbocycles. The molecule has 0 atom stereocenters. The number of aromatic nitrogens is 1. The van der Waals surface area contributed by atoms with Gasteiger partial charge in [0.2, 0.25) is 0 Å². The van der Waals surface area contributed by atoms with Crippen LogP contribution in [0.5, 0.6) is 0 Å². The van der Waals surface area contributed by atoms with Gasteiger partial charge in [0.15, 0.2) is 0 Å². The summed E-state index contributed by atoms with van der Waals surface area (Å²) in [4.78, 5) is 14.3. The zero-order chi connectivity index (χ0) is 11.5. The van der Waals surface area contributed by atoms with Crippen LogP contribution in [0.15, 0.2) is 18.0 Å². The molecule has 0 saturated heterocycles. The molecule has 1 aromatic heterocycles. The number of H-pyrrole nitrogens is 1. The van der Waals surface area contributed by atoms with Crippen LogP contribution in [0.4, 0.5) is 0 Å². The number of carbonyl (C=O) groups is 1. The summed E-state index contributed by atoms with van der Waals surface area (Å²) in [6.45, 7) is 1.87. The van der Waals surface area contributed by atoms with Crippen LogP contribution in [0.3, 0.4) is 0 Å². The maximum atomic E-state index is 11.2. The molecule has 2 heterocycles. The van der Waals surface area contributed by atoms with E-state index in [1.54, 1.807) is 12.5 Å². The summed E-state index contributed by atoms with van der Waals surface area (Å²) in [7, 11) is 1.38. The molecule has 4 heteroatoms. The Morgan fingerprint density at radius 2 is 2.31 bits per heavy atom. The van der Waals surface area contributed by atoms with Gasteiger partial charge in [0.1, 0.15) is 12.0 Å². The first-order valence-corrected chi connectivity index (χ1v) is 4.99. The smallest absolute Gasteiger partial charge is 0.310 e. The predicted molar refractivity (Wildman–Crippen MR) is 59.5 cm³/mol. The second-order valence-corrected chi connectivity index (χ2v) is 3.57. The fraction of sp³-hybridized carbons (Fsp3) is 0.250. The summed E-state index contributed by atoms with van der Waals surface area (Å²) in [5.74, 6) is 0.553. The van der Waals surface area contributed by atoms with Crippen molar-refractivity contribution in [2.75, 3.05) is 7.11 Å². The molecular weight excluding hydrogens is 206 g/mol. The van der Waals surface area contributed by atoms with Gasteiger partial charge in [-0.25, -0.2) is 0 Å². The normalized spacial score (nSPS) is 13.5. The average Bonchev–Trinajstić information content (AvgIpc) is 2.55. The number of aromatic amines is 1. The fourth-order valence-electron chi connectivity index (χ4n) is 1.54. The number of carbonyl (C=O) groups excluding carboxylic acids is 1. The molecular formula is C12H13NO3. The summed E-state index contributed by atoms with van der Waals surface area (Å²) in [5, 5.41) is 1.84. The van der Waals surface area contributed by atoms with Crippen molar-refractivity contribution in [1.82, 2.24) is 4.98 Å². The molecule has 0 fully saturated rings. The highest BCUT2D eigenvalue weighted by atomic mass is 16.5. The van der Waals surface area contributed by atoms with Crippen LogP contribution in [-0.4, -0.2) is 18.1 Å². The topological polar surface area (TPSA) is 51.3 Å². The molecule has 84 valence electrons. The minimum absolute atomic E-state index is 0.245. The molecule has 16 heavy (non-hydrogen) atoms. The third-order valence-electron chi connectivity index (χ3n) is 2.45. The maximum Gasteiger partial charge on any atom is 0.310 e. The van der Waals surface area contributed by atoms with Crippen molar-refractivity contribution < 1.29 is 14.3 Å². The highest BCUT2D eigenvalue weighted by Gasteiger charge is 2.07. The van der Waals surface area contributed by atoms with Crippen molar-refractivity contribution in [3.05, 3.63) is 34.2 Å². The van der Waals surface area contributed by atoms with E-state index in [2.05, 4.69) is 9.72 Å². The molecule has 2 rings (SSSR count). The Bertz CT molecular complexity index is 551. The highest BCUT2D eigenvalue weighted by Crippen LogP contribution is 1.99. The summed E-state index contributed by atoms with van der Waals surface area (Å²) in [5.41, 5.74) is 0.876. The van der Waals surface area contributed by atoms with Crippen LogP contribution in [0.1, 0.15) is 12.5 Å². The minimum atomic E-state index is -0.260. The lowest BCUT2D eigenvalue weighted by Crippen LogP contribution is -2.25. The van der Waals surface area contributed by atoms with Gasteiger partial charge >= 0.3 is 5.97 Å². The molecule has 0 aromatic carbocycles. The van der Waals surface area contributed by atoms with Crippen molar-refractivity contribution in [2.24, 2.45) is 0 Å². The summed E-state index contributed by atoms with van der Waals surface area (Å²) >= 11 is 0. The number of ether oxygens (including phenoxy) is 2. The molecule has 4 nitrogen and oxygen atoms in total. The number of rotatable bonds is 2. The molecule has 0 unspecified atom stereocenters. The Balaban J connectivity index is 2.41. The van der Waals surface area contributed by atoms with Gasteiger partial charge < -0.3 is 14.5 Å². The van der Waals surface area contributed by atoms with E-state index in [1.165, 1.54) is 7.11 Å². The van der Waals surface area contributed by atoms with E-state index >= 15 is 0 Å². The lowest BCUT2D eigenvalue weighted by Gasteiger charge is -1.97. The standard InChI is InChI=1S/C12H13NO3/c1-8-3-4-11-10(7-16-8)9(6-13-11)5-12(14)15-2/h3-4,6-7,13H,5H2,1-2H3. The summed E-state index contributed by atoms with van der Waals surface area (Å²) in [6, 6.07) is 0. The first-order valence-electron chi connectivity index (χ1n) is 4.99. The molecule has 0 bridgehead atoms. The van der Waals surface area contributed by atoms with Gasteiger partial charge in [-0.2, -0.15) is 0 Å². The van der Waals surface area contributed by atoms with Gasteiger partial charge in [-0.05, 0) is 24.6 Å². The minimum Gasteiger partial charge on any atom is -0.469 e. The van der Waals surface area contributed by atoms with Crippen molar-refractivity contribution in [2.45, 2.75) is 13.3 Å². The van der Waals surface area contributed by atoms with Crippen LogP contribution in [0.25, 0.3) is 12.3 Å². The van der Waals surface area contributed by atoms with Gasteiger partial charge in [0.25, 0.3) is 0 Å². The van der Waals surface area contributed by atoms with Gasteiger partial charge in [0, 0.05) is 16.8 Å². The van der Waals surface area contributed by atoms with E-state index in [-0.39, 0.29) is 12.4 Å². The average molecular weight is 219 g/mol. The van der Waals surface area contributed by atoms with Gasteiger partial charge in [-0.1, -0.05) is 0 Å². The Hall–Kier alpha value is -1.97. The lowest BCUT2D eigenvalue weighted by molar-refractivity contribution is -0.139. The second kappa shape index (κ2) is 4.26. The Labute approximate surface area is 92.9 Å². The van der Waals surface area contributed by atoms with Crippen LogP contribution in [0.2, 0.25) is 0 Å². The van der Waals surface area contributed by atoms with E-state index < -0.39 is 0 Å². The van der Waals surface area contributed by atoms with E-state index in [9.17, 15) is 4.79 Å². The predicted octanol–water partition coefficient (Wildman–Crippen LogP) is 0.183. The summed E-state index contributed by atoms with van der Waals surface area (Å²) in [6.07, 6.45) is 7.50. The van der Waals surface area contributed by atoms with Crippen LogP contribution in [0, 0.1) is 0 Å². The molecule has 0 spiro atoms. The van der Waals surface area contributed by atoms with E-state index in [4.69, 9.17) is 4.74 Å². The van der Waals surface area contributed by atoms with Gasteiger partial charge in [-0.15, -0.1) is 0 Å². The van der Waals surface area contributed by atoms with Crippen LogP contribution in [-0.2, 0) is 20.7 Å². The molecule has 1 N–H and O–H groups in total. The third kappa shape index (κ3) is 2.00. The number of hydrogen-bond donors (Lipinski definition) is 1. The first-order chi connectivity index (χ1) is 7.70. The second-order valence-electron chi connectivity index (χ2n) is 3.57. The number of esters is 1. The van der Waals surface area contributed by atoms with Crippen molar-refractivity contribution in [1.29, 1.82) is 0 Å². The lowest BCUT2D eigenvalue weighted by atomic mass is 10.2. The van der Waals surface area contributed by atoms with E-state index in [1.807, 2.05) is 19.1 Å². The monoisotopic (exact) mass is 219 g/mol. The first kappa shape index (κ1) is 10.5. The van der Waals surface area contributed by atoms with E-state index in [0.717, 1.165) is 21.9 Å². The third-order valence-corrected chi connectivity index (χ3v) is 2.45. The van der Waals surface area contributed by atoms with Crippen LogP contribution >= 0.6 is 0 Å². The quantitative estimate of drug-likeness (QED) is 0.722. The SMILES string of the molecule is COC(=O)Cc1c[nH]c2c1=COC(C)=CC=2. The molecule has 0 radical (unpaired) electrons. The molecule has 0 saturated carbocycles. The van der Waals surface area contributed by atoms with Crippen LogP contribution < -0.4 is 10.6 Å². The van der Waals surface area contributed by atoms with Gasteiger partial charge in [-0.3, -0.25) is 4.79 Å². The number of methoxy groups -OCH3 is 1. The Morgan fingerprint density at radius 3 is 3.06 bits per heavy atom. The Morgan fingerprint density at radius 1 is 1.50 bits per heavy atom. The number of fused-ring (bicyclic) bond motifs is 1. The fourth-order valence-corrected chi connectivity index (χ4v) is 1.54. The maximum absolute atomic E-state index is 11.2. The van der Waals surface area contributed by atoms with Gasteiger partial charge in [0.05, 0.1) is 13.5 Å². The zero-order valence-corrected chi connectivity index (χ0v) is 9.24. The largest absolute Gasteiger partial charge is 0.469 e. The molecule has 1 aliphatic heterocycles. The molecule has 1 aromatic rings. The van der Waals surface area contributed by atoms with Crippen molar-refractivity contribution in [3.8, 4) is 0 Å². The van der Waals surface area contributed by atoms with Crippen molar-refractivity contribution in [3.63, 3.8) is 0 Å². The summed E-state index contributed by atoms with van der Waals surface area (Å²) < 4.78 is 10.0. The van der Waals surface area contributed by atoms with Crippen molar-refractivity contribution >= 4 is 18.3 Å². The number of allylic oxidation sites excluding steroid dienone is 2. The van der Waals surface area contributed by atoms with E-state index in [0.29, 0.717) is 0 Å². The highest BCUT2D eigenvalue weighted by molar-refractivity contribution is 5.72. The number of nitrogens with one attached hydrogen (secondary N) is 1. The molecule has 1 aliphatic rings. The molecule has 0 amide bonds. The zero-order valence-electron chi connectivity index (χ0n) is 9.24. The number of hydrogen-bond acceptors (Lipinski definition) is 3. The Kier molecular flexibility index (Phi) is 2.81.